The molecule has 2 nitrogen and oxygen atoms in total. The van der Waals surface area contributed by atoms with Gasteiger partial charge in [0.25, 0.3) is 0 Å². The van der Waals surface area contributed by atoms with E-state index in [1.807, 2.05) is 0 Å². The van der Waals surface area contributed by atoms with Crippen LogP contribution in [-0.4, -0.2) is 6.10 Å². The van der Waals surface area contributed by atoms with Crippen molar-refractivity contribution >= 4 is 0 Å². The van der Waals surface area contributed by atoms with Crippen molar-refractivity contribution in [3.8, 4) is 5.75 Å². The molecule has 0 aromatic heterocycles. The fourth-order valence-electron chi connectivity index (χ4n) is 2.22. The minimum absolute atomic E-state index is 0.224. The fourth-order valence-corrected chi connectivity index (χ4v) is 2.22. The average Bonchev–Trinajstić information content (AvgIpc) is 2.29. The van der Waals surface area contributed by atoms with Gasteiger partial charge in [-0.3, -0.25) is 0 Å². The van der Waals surface area contributed by atoms with Crippen LogP contribution in [0.1, 0.15) is 50.3 Å². The molecule has 0 radical (unpaired) electrons. The van der Waals surface area contributed by atoms with Crippen LogP contribution in [0.3, 0.4) is 0 Å². The zero-order chi connectivity index (χ0) is 11.5. The molecule has 2 atom stereocenters. The van der Waals surface area contributed by atoms with Gasteiger partial charge in [0.15, 0.2) is 0 Å². The van der Waals surface area contributed by atoms with E-state index in [2.05, 4.69) is 32.0 Å². The van der Waals surface area contributed by atoms with E-state index in [9.17, 15) is 0 Å². The van der Waals surface area contributed by atoms with Crippen molar-refractivity contribution in [2.75, 3.05) is 0 Å². The van der Waals surface area contributed by atoms with Crippen molar-refractivity contribution in [2.24, 2.45) is 5.73 Å². The first-order chi connectivity index (χ1) is 7.70. The van der Waals surface area contributed by atoms with Crippen molar-refractivity contribution in [2.45, 2.75) is 51.7 Å². The minimum Gasteiger partial charge on any atom is -0.491 e. The SMILES string of the molecule is CCC(C)Oc1ccc2c(c1)CCCC2N. The molecule has 0 saturated heterocycles. The minimum atomic E-state index is 0.224. The standard InChI is InChI=1S/C14H21NO/c1-3-10(2)16-12-7-8-13-11(9-12)5-4-6-14(13)15/h7-10,14H,3-6,15H2,1-2H3. The molecular weight excluding hydrogens is 198 g/mol. The van der Waals surface area contributed by atoms with Crippen molar-refractivity contribution < 1.29 is 4.74 Å². The van der Waals surface area contributed by atoms with Crippen LogP contribution in [0.2, 0.25) is 0 Å². The van der Waals surface area contributed by atoms with Gasteiger partial charge in [-0.25, -0.2) is 0 Å². The van der Waals surface area contributed by atoms with Crippen LogP contribution < -0.4 is 10.5 Å². The van der Waals surface area contributed by atoms with Gasteiger partial charge in [0, 0.05) is 6.04 Å². The first-order valence-electron chi connectivity index (χ1n) is 6.25. The second kappa shape index (κ2) is 4.88. The van der Waals surface area contributed by atoms with E-state index < -0.39 is 0 Å². The highest BCUT2D eigenvalue weighted by atomic mass is 16.5. The molecule has 2 heteroatoms. The summed E-state index contributed by atoms with van der Waals surface area (Å²) in [6.45, 7) is 4.24. The molecule has 0 heterocycles. The molecule has 0 fully saturated rings. The molecule has 0 bridgehead atoms. The lowest BCUT2D eigenvalue weighted by Crippen LogP contribution is -2.17. The first kappa shape index (κ1) is 11.5. The second-order valence-electron chi connectivity index (χ2n) is 4.70. The molecule has 0 spiro atoms. The molecule has 1 aromatic carbocycles. The van der Waals surface area contributed by atoms with E-state index in [1.165, 1.54) is 17.5 Å². The Morgan fingerprint density at radius 2 is 2.31 bits per heavy atom. The predicted octanol–water partition coefficient (Wildman–Crippen LogP) is 3.20. The highest BCUT2D eigenvalue weighted by Crippen LogP contribution is 2.30. The molecule has 2 unspecified atom stereocenters. The maximum absolute atomic E-state index is 6.08. The normalized spacial score (nSPS) is 21.3. The van der Waals surface area contributed by atoms with Gasteiger partial charge in [0.1, 0.15) is 5.75 Å². The van der Waals surface area contributed by atoms with Gasteiger partial charge in [0.2, 0.25) is 0 Å². The number of fused-ring (bicyclic) bond motifs is 1. The van der Waals surface area contributed by atoms with Crippen LogP contribution in [-0.2, 0) is 6.42 Å². The summed E-state index contributed by atoms with van der Waals surface area (Å²) < 4.78 is 5.82. The summed E-state index contributed by atoms with van der Waals surface area (Å²) in [4.78, 5) is 0. The zero-order valence-corrected chi connectivity index (χ0v) is 10.2. The van der Waals surface area contributed by atoms with Gasteiger partial charge in [0.05, 0.1) is 6.10 Å². The Hall–Kier alpha value is -1.02. The highest BCUT2D eigenvalue weighted by molar-refractivity contribution is 5.38. The monoisotopic (exact) mass is 219 g/mol. The Labute approximate surface area is 97.8 Å². The number of benzene rings is 1. The van der Waals surface area contributed by atoms with Gasteiger partial charge in [-0.05, 0) is 55.9 Å². The average molecular weight is 219 g/mol. The molecule has 1 aromatic rings. The lowest BCUT2D eigenvalue weighted by molar-refractivity contribution is 0.217. The molecule has 16 heavy (non-hydrogen) atoms. The number of hydrogen-bond donors (Lipinski definition) is 1. The maximum Gasteiger partial charge on any atom is 0.119 e. The van der Waals surface area contributed by atoms with Gasteiger partial charge in [-0.15, -0.1) is 0 Å². The zero-order valence-electron chi connectivity index (χ0n) is 10.2. The second-order valence-corrected chi connectivity index (χ2v) is 4.70. The summed E-state index contributed by atoms with van der Waals surface area (Å²) in [5.74, 6) is 0.988. The summed E-state index contributed by atoms with van der Waals surface area (Å²) in [6.07, 6.45) is 4.77. The molecule has 2 rings (SSSR count). The Morgan fingerprint density at radius 3 is 3.06 bits per heavy atom. The molecule has 0 amide bonds. The van der Waals surface area contributed by atoms with E-state index in [-0.39, 0.29) is 12.1 Å². The van der Waals surface area contributed by atoms with Crippen molar-refractivity contribution in [3.05, 3.63) is 29.3 Å². The Kier molecular flexibility index (Phi) is 3.49. The van der Waals surface area contributed by atoms with Crippen LogP contribution in [0, 0.1) is 0 Å². The van der Waals surface area contributed by atoms with E-state index in [1.54, 1.807) is 0 Å². The molecule has 2 N–H and O–H groups in total. The lowest BCUT2D eigenvalue weighted by atomic mass is 9.88. The molecule has 1 aliphatic rings. The van der Waals surface area contributed by atoms with E-state index in [0.717, 1.165) is 25.0 Å². The third-order valence-corrected chi connectivity index (χ3v) is 3.39. The number of nitrogens with two attached hydrogens (primary N) is 1. The first-order valence-corrected chi connectivity index (χ1v) is 6.25. The summed E-state index contributed by atoms with van der Waals surface area (Å²) in [6, 6.07) is 6.58. The molecular formula is C14H21NO. The van der Waals surface area contributed by atoms with Crippen LogP contribution in [0.5, 0.6) is 5.75 Å². The highest BCUT2D eigenvalue weighted by Gasteiger charge is 2.17. The van der Waals surface area contributed by atoms with Crippen LogP contribution in [0.4, 0.5) is 0 Å². The lowest BCUT2D eigenvalue weighted by Gasteiger charge is -2.23. The third-order valence-electron chi connectivity index (χ3n) is 3.39. The Bertz CT molecular complexity index is 362. The fraction of sp³-hybridized carbons (Fsp3) is 0.571. The number of rotatable bonds is 3. The molecule has 1 aliphatic carbocycles. The topological polar surface area (TPSA) is 35.2 Å². The smallest absolute Gasteiger partial charge is 0.119 e. The predicted molar refractivity (Wildman–Crippen MR) is 66.7 cm³/mol. The summed E-state index contributed by atoms with van der Waals surface area (Å²) in [5, 5.41) is 0. The number of ether oxygens (including phenoxy) is 1. The Morgan fingerprint density at radius 1 is 1.50 bits per heavy atom. The van der Waals surface area contributed by atoms with Gasteiger partial charge < -0.3 is 10.5 Å². The molecule has 0 aliphatic heterocycles. The van der Waals surface area contributed by atoms with Crippen LogP contribution in [0.25, 0.3) is 0 Å². The van der Waals surface area contributed by atoms with Crippen molar-refractivity contribution in [1.82, 2.24) is 0 Å². The summed E-state index contributed by atoms with van der Waals surface area (Å²) >= 11 is 0. The van der Waals surface area contributed by atoms with Gasteiger partial charge >= 0.3 is 0 Å². The summed E-state index contributed by atoms with van der Waals surface area (Å²) in [5.41, 5.74) is 8.77. The van der Waals surface area contributed by atoms with Gasteiger partial charge in [-0.2, -0.15) is 0 Å². The third kappa shape index (κ3) is 2.38. The maximum atomic E-state index is 6.08. The quantitative estimate of drug-likeness (QED) is 0.847. The largest absolute Gasteiger partial charge is 0.491 e. The van der Waals surface area contributed by atoms with Crippen LogP contribution >= 0.6 is 0 Å². The van der Waals surface area contributed by atoms with Crippen molar-refractivity contribution in [1.29, 1.82) is 0 Å². The van der Waals surface area contributed by atoms with Gasteiger partial charge in [-0.1, -0.05) is 13.0 Å². The number of aryl methyl sites for hydroxylation is 1. The molecule has 0 saturated carbocycles. The van der Waals surface area contributed by atoms with E-state index in [0.29, 0.717) is 0 Å². The van der Waals surface area contributed by atoms with Crippen LogP contribution in [0.15, 0.2) is 18.2 Å². The molecule has 88 valence electrons. The summed E-state index contributed by atoms with van der Waals surface area (Å²) in [7, 11) is 0. The van der Waals surface area contributed by atoms with Crippen molar-refractivity contribution in [3.63, 3.8) is 0 Å². The number of hydrogen-bond acceptors (Lipinski definition) is 2. The van der Waals surface area contributed by atoms with E-state index >= 15 is 0 Å². The Balaban J connectivity index is 2.18. The van der Waals surface area contributed by atoms with E-state index in [4.69, 9.17) is 10.5 Å².